The van der Waals surface area contributed by atoms with Crippen LogP contribution in [0.5, 0.6) is 0 Å². The van der Waals surface area contributed by atoms with Gasteiger partial charge in [-0.1, -0.05) is 0 Å². The highest BCUT2D eigenvalue weighted by Gasteiger charge is 2.17. The Kier molecular flexibility index (Phi) is 2.80. The topological polar surface area (TPSA) is 89.2 Å². The summed E-state index contributed by atoms with van der Waals surface area (Å²) in [4.78, 5) is 23.8. The first kappa shape index (κ1) is 10.5. The van der Waals surface area contributed by atoms with Crippen molar-refractivity contribution < 1.29 is 9.59 Å². The van der Waals surface area contributed by atoms with E-state index in [-0.39, 0.29) is 11.5 Å². The van der Waals surface area contributed by atoms with Gasteiger partial charge in [0.15, 0.2) is 11.5 Å². The first-order chi connectivity index (χ1) is 7.66. The zero-order chi connectivity index (χ0) is 11.5. The number of ketones is 1. The van der Waals surface area contributed by atoms with Gasteiger partial charge in [-0.3, -0.25) is 9.59 Å². The van der Waals surface area contributed by atoms with Crippen LogP contribution in [0.2, 0.25) is 0 Å². The maximum absolute atomic E-state index is 11.1. The molecule has 0 aromatic carbocycles. The van der Waals surface area contributed by atoms with E-state index >= 15 is 0 Å². The lowest BCUT2D eigenvalue weighted by Crippen LogP contribution is -2.34. The lowest BCUT2D eigenvalue weighted by molar-refractivity contribution is -0.119. The third-order valence-corrected chi connectivity index (χ3v) is 2.55. The van der Waals surface area contributed by atoms with E-state index < -0.39 is 5.91 Å². The second-order valence-corrected chi connectivity index (χ2v) is 3.67. The van der Waals surface area contributed by atoms with Gasteiger partial charge in [-0.2, -0.15) is 0 Å². The average Bonchev–Trinajstić information content (AvgIpc) is 2.30. The number of hydrogen-bond donors (Lipinski definition) is 1. The molecule has 2 N–H and O–H groups in total. The van der Waals surface area contributed by atoms with Crippen LogP contribution >= 0.6 is 0 Å². The van der Waals surface area contributed by atoms with Crippen molar-refractivity contribution in [2.75, 3.05) is 18.0 Å². The average molecular weight is 220 g/mol. The van der Waals surface area contributed by atoms with Gasteiger partial charge in [0.25, 0.3) is 5.91 Å². The molecule has 6 heteroatoms. The highest BCUT2D eigenvalue weighted by molar-refractivity contribution is 5.90. The predicted molar refractivity (Wildman–Crippen MR) is 57.0 cm³/mol. The molecule has 0 saturated carbocycles. The fourth-order valence-electron chi connectivity index (χ4n) is 1.61. The van der Waals surface area contributed by atoms with Gasteiger partial charge < -0.3 is 10.6 Å². The number of nitrogens with two attached hydrogens (primary N) is 1. The van der Waals surface area contributed by atoms with Crippen molar-refractivity contribution in [3.05, 3.63) is 17.8 Å². The monoisotopic (exact) mass is 220 g/mol. The van der Waals surface area contributed by atoms with E-state index in [2.05, 4.69) is 10.2 Å². The number of primary amides is 1. The summed E-state index contributed by atoms with van der Waals surface area (Å²) < 4.78 is 0. The van der Waals surface area contributed by atoms with Crippen LogP contribution in [-0.4, -0.2) is 35.0 Å². The molecule has 1 aromatic rings. The first-order valence-corrected chi connectivity index (χ1v) is 5.07. The lowest BCUT2D eigenvalue weighted by Gasteiger charge is -2.26. The van der Waals surface area contributed by atoms with Gasteiger partial charge in [0.1, 0.15) is 5.78 Å². The number of rotatable bonds is 2. The van der Waals surface area contributed by atoms with E-state index in [4.69, 9.17) is 5.73 Å². The van der Waals surface area contributed by atoms with Crippen LogP contribution in [-0.2, 0) is 4.79 Å². The first-order valence-electron chi connectivity index (χ1n) is 5.07. The van der Waals surface area contributed by atoms with Crippen LogP contribution < -0.4 is 10.6 Å². The Morgan fingerprint density at radius 3 is 2.44 bits per heavy atom. The Morgan fingerprint density at radius 2 is 1.94 bits per heavy atom. The second-order valence-electron chi connectivity index (χ2n) is 3.67. The molecule has 0 radical (unpaired) electrons. The Bertz CT molecular complexity index is 405. The standard InChI is InChI=1S/C10H12N4O2/c11-10(16)8-1-2-9(13-12-8)14-5-3-7(15)4-6-14/h1-2H,3-6H2,(H2,11,16). The Labute approximate surface area is 92.4 Å². The maximum Gasteiger partial charge on any atom is 0.269 e. The summed E-state index contributed by atoms with van der Waals surface area (Å²) in [6.45, 7) is 1.31. The molecule has 6 nitrogen and oxygen atoms in total. The fraction of sp³-hybridized carbons (Fsp3) is 0.400. The number of carbonyl (C=O) groups is 2. The van der Waals surface area contributed by atoms with Gasteiger partial charge in [0.2, 0.25) is 0 Å². The van der Waals surface area contributed by atoms with E-state index in [1.165, 1.54) is 0 Å². The van der Waals surface area contributed by atoms with Crippen LogP contribution in [0, 0.1) is 0 Å². The number of nitrogens with zero attached hydrogens (tertiary/aromatic N) is 3. The fourth-order valence-corrected chi connectivity index (χ4v) is 1.61. The van der Waals surface area contributed by atoms with Gasteiger partial charge in [0, 0.05) is 25.9 Å². The third kappa shape index (κ3) is 2.16. The van der Waals surface area contributed by atoms with Crippen molar-refractivity contribution in [3.8, 4) is 0 Å². The van der Waals surface area contributed by atoms with Gasteiger partial charge >= 0.3 is 0 Å². The molecular weight excluding hydrogens is 208 g/mol. The molecule has 0 aliphatic carbocycles. The molecule has 0 unspecified atom stereocenters. The molecule has 84 valence electrons. The largest absolute Gasteiger partial charge is 0.364 e. The number of hydrogen-bond acceptors (Lipinski definition) is 5. The minimum atomic E-state index is -0.590. The SMILES string of the molecule is NC(=O)c1ccc(N2CCC(=O)CC2)nn1. The van der Waals surface area contributed by atoms with Crippen LogP contribution in [0.3, 0.4) is 0 Å². The van der Waals surface area contributed by atoms with Crippen molar-refractivity contribution in [2.24, 2.45) is 5.73 Å². The number of Topliss-reactive ketones (excluding diaryl/α,β-unsaturated/α-hetero) is 1. The van der Waals surface area contributed by atoms with Gasteiger partial charge in [0.05, 0.1) is 0 Å². The maximum atomic E-state index is 11.1. The molecule has 1 saturated heterocycles. The third-order valence-electron chi connectivity index (χ3n) is 2.55. The molecule has 0 spiro atoms. The van der Waals surface area contributed by atoms with Crippen molar-refractivity contribution in [3.63, 3.8) is 0 Å². The highest BCUT2D eigenvalue weighted by Crippen LogP contribution is 2.14. The van der Waals surface area contributed by atoms with Crippen LogP contribution in [0.15, 0.2) is 12.1 Å². The zero-order valence-corrected chi connectivity index (χ0v) is 8.72. The molecule has 2 heterocycles. The normalized spacial score (nSPS) is 16.2. The summed E-state index contributed by atoms with van der Waals surface area (Å²) in [5.74, 6) is 0.364. The van der Waals surface area contributed by atoms with E-state index in [1.807, 2.05) is 4.90 Å². The summed E-state index contributed by atoms with van der Waals surface area (Å²) in [7, 11) is 0. The van der Waals surface area contributed by atoms with Crippen LogP contribution in [0.1, 0.15) is 23.3 Å². The van der Waals surface area contributed by atoms with E-state index in [9.17, 15) is 9.59 Å². The quantitative estimate of drug-likeness (QED) is 0.742. The molecule has 1 aliphatic rings. The number of anilines is 1. The number of aromatic nitrogens is 2. The van der Waals surface area contributed by atoms with Crippen molar-refractivity contribution in [1.82, 2.24) is 10.2 Å². The summed E-state index contributed by atoms with van der Waals surface area (Å²) in [6, 6.07) is 3.24. The Hall–Kier alpha value is -1.98. The van der Waals surface area contributed by atoms with E-state index in [0.717, 1.165) is 0 Å². The summed E-state index contributed by atoms with van der Waals surface area (Å²) >= 11 is 0. The van der Waals surface area contributed by atoms with Gasteiger partial charge in [-0.15, -0.1) is 10.2 Å². The number of piperidine rings is 1. The molecule has 1 aliphatic heterocycles. The van der Waals surface area contributed by atoms with E-state index in [0.29, 0.717) is 31.7 Å². The molecule has 1 aromatic heterocycles. The molecular formula is C10H12N4O2. The van der Waals surface area contributed by atoms with Gasteiger partial charge in [-0.25, -0.2) is 0 Å². The molecule has 0 atom stereocenters. The minimum absolute atomic E-state index is 0.150. The second kappa shape index (κ2) is 4.26. The Morgan fingerprint density at radius 1 is 1.25 bits per heavy atom. The van der Waals surface area contributed by atoms with Crippen LogP contribution in [0.25, 0.3) is 0 Å². The van der Waals surface area contributed by atoms with Crippen molar-refractivity contribution in [2.45, 2.75) is 12.8 Å². The lowest BCUT2D eigenvalue weighted by atomic mass is 10.1. The minimum Gasteiger partial charge on any atom is -0.364 e. The zero-order valence-electron chi connectivity index (χ0n) is 8.72. The molecule has 1 amide bonds. The van der Waals surface area contributed by atoms with Gasteiger partial charge in [-0.05, 0) is 12.1 Å². The van der Waals surface area contributed by atoms with Crippen molar-refractivity contribution >= 4 is 17.5 Å². The summed E-state index contributed by atoms with van der Waals surface area (Å²) in [5, 5.41) is 7.63. The predicted octanol–water partition coefficient (Wildman–Crippen LogP) is -0.255. The summed E-state index contributed by atoms with van der Waals surface area (Å²) in [5.41, 5.74) is 5.21. The number of amides is 1. The van der Waals surface area contributed by atoms with Crippen molar-refractivity contribution in [1.29, 1.82) is 0 Å². The summed E-state index contributed by atoms with van der Waals surface area (Å²) in [6.07, 6.45) is 1.08. The highest BCUT2D eigenvalue weighted by atomic mass is 16.1. The number of carbonyl (C=O) groups excluding carboxylic acids is 2. The Balaban J connectivity index is 2.10. The molecule has 2 rings (SSSR count). The molecule has 0 bridgehead atoms. The molecule has 16 heavy (non-hydrogen) atoms. The van der Waals surface area contributed by atoms with Crippen LogP contribution in [0.4, 0.5) is 5.82 Å². The molecule has 1 fully saturated rings. The van der Waals surface area contributed by atoms with E-state index in [1.54, 1.807) is 12.1 Å². The smallest absolute Gasteiger partial charge is 0.269 e.